The van der Waals surface area contributed by atoms with E-state index in [9.17, 15) is 9.36 Å². The van der Waals surface area contributed by atoms with Crippen molar-refractivity contribution in [2.45, 2.75) is 12.6 Å². The minimum Gasteiger partial charge on any atom is -0.264 e. The van der Waals surface area contributed by atoms with Crippen LogP contribution < -0.4 is 0 Å². The van der Waals surface area contributed by atoms with Crippen LogP contribution in [0.25, 0.3) is 0 Å². The van der Waals surface area contributed by atoms with Crippen molar-refractivity contribution in [3.8, 4) is 0 Å². The Bertz CT molecular complexity index is 136. The topological polar surface area (TPSA) is 34.1 Å². The third-order valence-corrected chi connectivity index (χ3v) is 1.82. The molecule has 2 unspecified atom stereocenters. The first-order valence-corrected chi connectivity index (χ1v) is 4.17. The Hall–Kier alpha value is -0.270. The number of carbonyl (C=O) groups is 1. The van der Waals surface area contributed by atoms with Crippen LogP contribution in [0.5, 0.6) is 0 Å². The maximum absolute atomic E-state index is 10.4. The molecule has 0 aliphatic carbocycles. The van der Waals surface area contributed by atoms with Crippen LogP contribution in [0.15, 0.2) is 0 Å². The maximum Gasteiger partial charge on any atom is 0.333 e. The molecule has 0 N–H and O–H groups in total. The Kier molecular flexibility index (Phi) is 3.69. The van der Waals surface area contributed by atoms with Crippen molar-refractivity contribution < 1.29 is 13.8 Å². The first-order chi connectivity index (χ1) is 4.52. The van der Waals surface area contributed by atoms with Crippen LogP contribution in [0.2, 0.25) is 0 Å². The second-order valence-electron chi connectivity index (χ2n) is 3.09. The van der Waals surface area contributed by atoms with E-state index in [1.54, 1.807) is 14.1 Å². The van der Waals surface area contributed by atoms with Gasteiger partial charge in [-0.1, -0.05) is 4.57 Å². The summed E-state index contributed by atoms with van der Waals surface area (Å²) >= 11 is 0. The zero-order valence-corrected chi connectivity index (χ0v) is 7.63. The van der Waals surface area contributed by atoms with Gasteiger partial charge < -0.3 is 0 Å². The number of hydrogen-bond acceptors (Lipinski definition) is 2. The van der Waals surface area contributed by atoms with Gasteiger partial charge in [-0.25, -0.2) is 4.79 Å². The molecule has 0 spiro atoms. The van der Waals surface area contributed by atoms with E-state index in [0.717, 1.165) is 6.41 Å². The molecule has 4 heteroatoms. The highest BCUT2D eigenvalue weighted by Crippen LogP contribution is 2.08. The van der Waals surface area contributed by atoms with Crippen LogP contribution in [-0.4, -0.2) is 37.2 Å². The molecule has 0 saturated heterocycles. The van der Waals surface area contributed by atoms with Crippen LogP contribution in [-0.2, 0) is 9.36 Å². The molecule has 0 bridgehead atoms. The molecule has 0 radical (unpaired) electrons. The molecule has 0 aromatic carbocycles. The molecule has 10 heavy (non-hydrogen) atoms. The normalized spacial score (nSPS) is 15.1. The molecule has 1 amide bonds. The van der Waals surface area contributed by atoms with Crippen molar-refractivity contribution in [2.75, 3.05) is 20.6 Å². The molecule has 0 rings (SSSR count). The molecule has 0 heterocycles. The Balaban J connectivity index is 3.86. The first kappa shape index (κ1) is 9.73. The average molecular weight is 163 g/mol. The summed E-state index contributed by atoms with van der Waals surface area (Å²) in [5, 5.41) is 0. The summed E-state index contributed by atoms with van der Waals surface area (Å²) in [6, 6.07) is 0. The summed E-state index contributed by atoms with van der Waals surface area (Å²) in [7, 11) is 3.27. The van der Waals surface area contributed by atoms with Gasteiger partial charge >= 0.3 is 14.9 Å². The number of rotatable bonds is 4. The lowest BCUT2D eigenvalue weighted by molar-refractivity contribution is -0.803. The van der Waals surface area contributed by atoms with Gasteiger partial charge in [0.25, 0.3) is 0 Å². The molecule has 0 aromatic rings. The number of amides is 1. The summed E-state index contributed by atoms with van der Waals surface area (Å²) in [6.07, 6.45) is 0.858. The quantitative estimate of drug-likeness (QED) is 0.346. The lowest BCUT2D eigenvalue weighted by Gasteiger charge is -2.19. The second-order valence-corrected chi connectivity index (χ2v) is 4.31. The number of nitrogens with zero attached hydrogens (tertiary/aromatic N) is 1. The van der Waals surface area contributed by atoms with E-state index in [1.165, 1.54) is 0 Å². The summed E-state index contributed by atoms with van der Waals surface area (Å²) in [6.45, 7) is 2.51. The van der Waals surface area contributed by atoms with Crippen molar-refractivity contribution >= 4 is 14.9 Å². The highest BCUT2D eigenvalue weighted by Gasteiger charge is 2.22. The van der Waals surface area contributed by atoms with E-state index < -0.39 is 0 Å². The fraction of sp³-hybridized carbons (Fsp3) is 0.833. The van der Waals surface area contributed by atoms with E-state index in [0.29, 0.717) is 6.54 Å². The SMILES string of the molecule is CC(C[N+](C)(C)C=O)[PH+]=O. The van der Waals surface area contributed by atoms with Gasteiger partial charge in [0.2, 0.25) is 0 Å². The molecule has 0 saturated carbocycles. The van der Waals surface area contributed by atoms with Crippen LogP contribution in [0.4, 0.5) is 0 Å². The van der Waals surface area contributed by atoms with Crippen LogP contribution in [0.3, 0.4) is 0 Å². The summed E-state index contributed by atoms with van der Waals surface area (Å²) in [5.74, 6) is 0. The van der Waals surface area contributed by atoms with Crippen LogP contribution in [0, 0.1) is 0 Å². The van der Waals surface area contributed by atoms with Crippen molar-refractivity contribution in [3.63, 3.8) is 0 Å². The highest BCUT2D eigenvalue weighted by atomic mass is 31.1. The minimum atomic E-state index is -0.316. The van der Waals surface area contributed by atoms with Gasteiger partial charge in [0.05, 0.1) is 14.1 Å². The largest absolute Gasteiger partial charge is 0.333 e. The van der Waals surface area contributed by atoms with Crippen molar-refractivity contribution in [1.29, 1.82) is 0 Å². The standard InChI is InChI=1S/C6H13NO2P/c1-6(10-9)4-7(2,3)5-8/h5-6H,4H2,1-3H3/q+1/p+1. The van der Waals surface area contributed by atoms with Gasteiger partial charge in [-0.2, -0.15) is 0 Å². The summed E-state index contributed by atoms with van der Waals surface area (Å²) < 4.78 is 10.6. The molecule has 0 aliphatic rings. The molecular weight excluding hydrogens is 149 g/mol. The molecule has 0 aromatic heterocycles. The summed E-state index contributed by atoms with van der Waals surface area (Å²) in [5.41, 5.74) is 0.111. The number of carbonyl (C=O) groups excluding carboxylic acids is 1. The van der Waals surface area contributed by atoms with Gasteiger partial charge in [-0.15, -0.1) is 0 Å². The van der Waals surface area contributed by atoms with Gasteiger partial charge in [-0.3, -0.25) is 4.48 Å². The fourth-order valence-electron chi connectivity index (χ4n) is 0.786. The molecule has 58 valence electrons. The Morgan fingerprint density at radius 1 is 1.60 bits per heavy atom. The third-order valence-electron chi connectivity index (χ3n) is 1.23. The number of hydrogen-bond donors (Lipinski definition) is 0. The Morgan fingerprint density at radius 2 is 2.10 bits per heavy atom. The predicted octanol–water partition coefficient (Wildman–Crippen LogP) is 0.632. The zero-order chi connectivity index (χ0) is 8.20. The maximum atomic E-state index is 10.4. The van der Waals surface area contributed by atoms with Crippen LogP contribution in [0.1, 0.15) is 6.92 Å². The van der Waals surface area contributed by atoms with E-state index in [-0.39, 0.29) is 18.6 Å². The summed E-state index contributed by atoms with van der Waals surface area (Å²) in [4.78, 5) is 10.4. The average Bonchev–Trinajstić information content (AvgIpc) is 1.87. The van der Waals surface area contributed by atoms with Gasteiger partial charge in [0.1, 0.15) is 6.54 Å². The van der Waals surface area contributed by atoms with Gasteiger partial charge in [0.15, 0.2) is 5.66 Å². The van der Waals surface area contributed by atoms with Crippen molar-refractivity contribution in [1.82, 2.24) is 0 Å². The van der Waals surface area contributed by atoms with E-state index in [4.69, 9.17) is 0 Å². The van der Waals surface area contributed by atoms with Crippen molar-refractivity contribution in [3.05, 3.63) is 0 Å². The molecule has 0 aliphatic heterocycles. The Morgan fingerprint density at radius 3 is 2.40 bits per heavy atom. The van der Waals surface area contributed by atoms with Gasteiger partial charge in [-0.05, 0) is 6.92 Å². The minimum absolute atomic E-state index is 0.111. The molecular formula is C6H14NO2P+2. The molecule has 3 nitrogen and oxygen atoms in total. The smallest absolute Gasteiger partial charge is 0.264 e. The molecule has 2 atom stereocenters. The van der Waals surface area contributed by atoms with E-state index in [1.807, 2.05) is 6.92 Å². The van der Waals surface area contributed by atoms with Crippen molar-refractivity contribution in [2.24, 2.45) is 0 Å². The Labute approximate surface area is 62.8 Å². The van der Waals surface area contributed by atoms with Crippen LogP contribution >= 0.6 is 8.46 Å². The molecule has 0 fully saturated rings. The highest BCUT2D eigenvalue weighted by molar-refractivity contribution is 7.24. The zero-order valence-electron chi connectivity index (χ0n) is 6.63. The predicted molar refractivity (Wildman–Crippen MR) is 41.5 cm³/mol. The second kappa shape index (κ2) is 3.79. The monoisotopic (exact) mass is 163 g/mol. The van der Waals surface area contributed by atoms with E-state index >= 15 is 0 Å². The lowest BCUT2D eigenvalue weighted by atomic mass is 10.4. The lowest BCUT2D eigenvalue weighted by Crippen LogP contribution is -2.41. The third kappa shape index (κ3) is 3.70. The van der Waals surface area contributed by atoms with E-state index in [2.05, 4.69) is 0 Å². The van der Waals surface area contributed by atoms with Gasteiger partial charge in [0, 0.05) is 0 Å². The first-order valence-electron chi connectivity index (χ1n) is 3.18. The fourth-order valence-corrected chi connectivity index (χ4v) is 1.33. The number of quaternary nitrogens is 1.